The topological polar surface area (TPSA) is 105 Å². The standard InChI is InChI=1S/C25H30ClN3O6S/c1-16(30)29-11-5-6-17-12-20(8-9-22(17)29)36(32,33)28-10-4-7-18(15-28)25(31)27-24-21(26)13-19(34-2)14-23(24)35-3/h8-9,12-14,18H,4-7,10-11,15H2,1-3H3,(H,27,31)/t18-/m1/s1. The summed E-state index contributed by atoms with van der Waals surface area (Å²) in [4.78, 5) is 26.9. The fraction of sp³-hybridized carbons (Fsp3) is 0.440. The molecule has 1 saturated heterocycles. The van der Waals surface area contributed by atoms with E-state index in [-0.39, 0.29) is 28.3 Å². The van der Waals surface area contributed by atoms with Crippen molar-refractivity contribution in [2.75, 3.05) is 44.1 Å². The van der Waals surface area contributed by atoms with E-state index in [1.54, 1.807) is 35.2 Å². The number of anilines is 2. The minimum Gasteiger partial charge on any atom is -0.497 e. The fourth-order valence-electron chi connectivity index (χ4n) is 4.77. The van der Waals surface area contributed by atoms with Gasteiger partial charge in [0.15, 0.2) is 0 Å². The maximum Gasteiger partial charge on any atom is 0.243 e. The van der Waals surface area contributed by atoms with Gasteiger partial charge in [-0.05, 0) is 49.4 Å². The number of sulfonamides is 1. The Morgan fingerprint density at radius 2 is 1.86 bits per heavy atom. The van der Waals surface area contributed by atoms with Crippen LogP contribution in [-0.2, 0) is 26.0 Å². The third kappa shape index (κ3) is 5.16. The molecule has 1 atom stereocenters. The molecule has 0 aromatic heterocycles. The van der Waals surface area contributed by atoms with Crippen LogP contribution < -0.4 is 19.7 Å². The average Bonchev–Trinajstić information content (AvgIpc) is 2.88. The number of hydrogen-bond acceptors (Lipinski definition) is 6. The van der Waals surface area contributed by atoms with Crippen molar-refractivity contribution in [2.45, 2.75) is 37.5 Å². The van der Waals surface area contributed by atoms with Crippen LogP contribution in [0.25, 0.3) is 0 Å². The minimum absolute atomic E-state index is 0.0565. The quantitative estimate of drug-likeness (QED) is 0.604. The van der Waals surface area contributed by atoms with Crippen molar-refractivity contribution in [1.29, 1.82) is 0 Å². The van der Waals surface area contributed by atoms with Crippen molar-refractivity contribution in [1.82, 2.24) is 4.31 Å². The van der Waals surface area contributed by atoms with Gasteiger partial charge in [0.1, 0.15) is 17.2 Å². The second-order valence-corrected chi connectivity index (χ2v) is 11.3. The van der Waals surface area contributed by atoms with Gasteiger partial charge in [-0.25, -0.2) is 8.42 Å². The van der Waals surface area contributed by atoms with E-state index in [0.29, 0.717) is 49.5 Å². The highest BCUT2D eigenvalue weighted by molar-refractivity contribution is 7.89. The van der Waals surface area contributed by atoms with Gasteiger partial charge in [0.2, 0.25) is 21.8 Å². The summed E-state index contributed by atoms with van der Waals surface area (Å²) >= 11 is 6.34. The van der Waals surface area contributed by atoms with Crippen LogP contribution >= 0.6 is 11.6 Å². The Kier molecular flexibility index (Phi) is 7.77. The molecule has 0 radical (unpaired) electrons. The molecule has 0 bridgehead atoms. The summed E-state index contributed by atoms with van der Waals surface area (Å²) in [7, 11) is -0.855. The number of ether oxygens (including phenoxy) is 2. The summed E-state index contributed by atoms with van der Waals surface area (Å²) in [5.74, 6) is -0.113. The SMILES string of the molecule is COc1cc(Cl)c(NC(=O)[C@@H]2CCCN(S(=O)(=O)c3ccc4c(c3)CCCN4C(C)=O)C2)c(OC)c1. The molecule has 2 amide bonds. The van der Waals surface area contributed by atoms with Gasteiger partial charge in [0, 0.05) is 44.4 Å². The smallest absolute Gasteiger partial charge is 0.243 e. The van der Waals surface area contributed by atoms with Crippen LogP contribution in [0.15, 0.2) is 35.2 Å². The van der Waals surface area contributed by atoms with Gasteiger partial charge in [-0.2, -0.15) is 4.31 Å². The van der Waals surface area contributed by atoms with Crippen molar-refractivity contribution in [3.8, 4) is 11.5 Å². The number of carbonyl (C=O) groups excluding carboxylic acids is 2. The lowest BCUT2D eigenvalue weighted by Crippen LogP contribution is -2.43. The third-order valence-electron chi connectivity index (χ3n) is 6.67. The Hall–Kier alpha value is -2.82. The first-order valence-corrected chi connectivity index (χ1v) is 13.6. The zero-order valence-corrected chi connectivity index (χ0v) is 22.1. The first kappa shape index (κ1) is 26.2. The first-order chi connectivity index (χ1) is 17.1. The molecule has 194 valence electrons. The molecule has 4 rings (SSSR count). The van der Waals surface area contributed by atoms with Crippen molar-refractivity contribution in [3.05, 3.63) is 40.9 Å². The fourth-order valence-corrected chi connectivity index (χ4v) is 6.59. The molecule has 1 N–H and O–H groups in total. The number of piperidine rings is 1. The Balaban J connectivity index is 1.53. The number of hydrogen-bond donors (Lipinski definition) is 1. The summed E-state index contributed by atoms with van der Waals surface area (Å²) in [6.07, 6.45) is 2.58. The van der Waals surface area contributed by atoms with Crippen LogP contribution in [0.5, 0.6) is 11.5 Å². The van der Waals surface area contributed by atoms with E-state index >= 15 is 0 Å². The van der Waals surface area contributed by atoms with Gasteiger partial charge in [-0.3, -0.25) is 9.59 Å². The number of aryl methyl sites for hydroxylation is 1. The molecular weight excluding hydrogens is 506 g/mol. The largest absolute Gasteiger partial charge is 0.497 e. The third-order valence-corrected chi connectivity index (χ3v) is 8.83. The highest BCUT2D eigenvalue weighted by Gasteiger charge is 2.34. The molecule has 0 unspecified atom stereocenters. The lowest BCUT2D eigenvalue weighted by atomic mass is 9.98. The molecule has 0 aliphatic carbocycles. The van der Waals surface area contributed by atoms with Crippen LogP contribution in [0.4, 0.5) is 11.4 Å². The lowest BCUT2D eigenvalue weighted by molar-refractivity contribution is -0.121. The highest BCUT2D eigenvalue weighted by atomic mass is 35.5. The minimum atomic E-state index is -3.82. The molecule has 36 heavy (non-hydrogen) atoms. The van der Waals surface area contributed by atoms with Gasteiger partial charge in [-0.15, -0.1) is 0 Å². The predicted octanol–water partition coefficient (Wildman–Crippen LogP) is 3.70. The number of halogens is 1. The van der Waals surface area contributed by atoms with E-state index in [1.807, 2.05) is 0 Å². The van der Waals surface area contributed by atoms with Gasteiger partial charge in [0.25, 0.3) is 0 Å². The summed E-state index contributed by atoms with van der Waals surface area (Å²) in [6.45, 7) is 2.52. The Bertz CT molecular complexity index is 1280. The number of amides is 2. The summed E-state index contributed by atoms with van der Waals surface area (Å²) in [5.41, 5.74) is 1.91. The van der Waals surface area contributed by atoms with Crippen molar-refractivity contribution < 1.29 is 27.5 Å². The summed E-state index contributed by atoms with van der Waals surface area (Å²) in [5, 5.41) is 3.07. The van der Waals surface area contributed by atoms with Crippen molar-refractivity contribution in [2.24, 2.45) is 5.92 Å². The molecule has 2 heterocycles. The second-order valence-electron chi connectivity index (χ2n) is 8.94. The van der Waals surface area contributed by atoms with Crippen LogP contribution in [0.2, 0.25) is 5.02 Å². The van der Waals surface area contributed by atoms with E-state index in [9.17, 15) is 18.0 Å². The maximum absolute atomic E-state index is 13.5. The number of carbonyl (C=O) groups is 2. The van der Waals surface area contributed by atoms with Gasteiger partial charge < -0.3 is 19.7 Å². The summed E-state index contributed by atoms with van der Waals surface area (Å²) in [6, 6.07) is 8.09. The molecule has 2 aliphatic rings. The van der Waals surface area contributed by atoms with Gasteiger partial charge in [0.05, 0.1) is 30.1 Å². The molecule has 11 heteroatoms. The first-order valence-electron chi connectivity index (χ1n) is 11.8. The van der Waals surface area contributed by atoms with Gasteiger partial charge in [-0.1, -0.05) is 11.6 Å². The normalized spacial score (nSPS) is 18.3. The molecule has 2 aromatic carbocycles. The van der Waals surface area contributed by atoms with Crippen molar-refractivity contribution in [3.63, 3.8) is 0 Å². The monoisotopic (exact) mass is 535 g/mol. The van der Waals surface area contributed by atoms with Crippen LogP contribution in [0.3, 0.4) is 0 Å². The van der Waals surface area contributed by atoms with E-state index in [2.05, 4.69) is 5.32 Å². The average molecular weight is 536 g/mol. The highest BCUT2D eigenvalue weighted by Crippen LogP contribution is 2.38. The summed E-state index contributed by atoms with van der Waals surface area (Å²) < 4.78 is 38.9. The number of benzene rings is 2. The zero-order chi connectivity index (χ0) is 26.0. The van der Waals surface area contributed by atoms with Crippen LogP contribution in [-0.4, -0.2) is 58.4 Å². The van der Waals surface area contributed by atoms with Gasteiger partial charge >= 0.3 is 0 Å². The molecule has 2 aromatic rings. The number of methoxy groups -OCH3 is 2. The number of nitrogens with one attached hydrogen (secondary N) is 1. The molecule has 2 aliphatic heterocycles. The number of fused-ring (bicyclic) bond motifs is 1. The molecule has 0 spiro atoms. The van der Waals surface area contributed by atoms with E-state index in [0.717, 1.165) is 17.7 Å². The number of rotatable bonds is 6. The molecule has 0 saturated carbocycles. The Labute approximate surface area is 216 Å². The van der Waals surface area contributed by atoms with Crippen molar-refractivity contribution >= 4 is 44.8 Å². The Morgan fingerprint density at radius 3 is 2.56 bits per heavy atom. The molecule has 1 fully saturated rings. The Morgan fingerprint density at radius 1 is 1.08 bits per heavy atom. The molecular formula is C25H30ClN3O6S. The predicted molar refractivity (Wildman–Crippen MR) is 137 cm³/mol. The van der Waals surface area contributed by atoms with E-state index in [1.165, 1.54) is 25.4 Å². The molecule has 9 nitrogen and oxygen atoms in total. The second kappa shape index (κ2) is 10.7. The van der Waals surface area contributed by atoms with Crippen LogP contribution in [0.1, 0.15) is 31.7 Å². The number of nitrogens with zero attached hydrogens (tertiary/aromatic N) is 2. The zero-order valence-electron chi connectivity index (χ0n) is 20.5. The van der Waals surface area contributed by atoms with E-state index in [4.69, 9.17) is 21.1 Å². The lowest BCUT2D eigenvalue weighted by Gasteiger charge is -2.32. The van der Waals surface area contributed by atoms with E-state index < -0.39 is 15.9 Å². The van der Waals surface area contributed by atoms with Crippen LogP contribution in [0, 0.1) is 5.92 Å². The maximum atomic E-state index is 13.5.